The van der Waals surface area contributed by atoms with Crippen molar-refractivity contribution in [3.8, 4) is 0 Å². The van der Waals surface area contributed by atoms with Gasteiger partial charge in [0.15, 0.2) is 0 Å². The van der Waals surface area contributed by atoms with Gasteiger partial charge in [0.25, 0.3) is 0 Å². The molecule has 2 heterocycles. The number of hydrogen-bond donors (Lipinski definition) is 1. The molecule has 0 saturated heterocycles. The Morgan fingerprint density at radius 3 is 3.21 bits per heavy atom. The van der Waals surface area contributed by atoms with Gasteiger partial charge >= 0.3 is 5.69 Å². The maximum atomic E-state index is 11.0. The number of nitrogens with zero attached hydrogens (tertiary/aromatic N) is 2. The lowest BCUT2D eigenvalue weighted by Crippen LogP contribution is -2.02. The fourth-order valence-electron chi connectivity index (χ4n) is 1.57. The summed E-state index contributed by atoms with van der Waals surface area (Å²) in [5, 5.41) is 2.67. The first-order chi connectivity index (χ1) is 6.75. The van der Waals surface area contributed by atoms with Gasteiger partial charge in [0.1, 0.15) is 0 Å². The Morgan fingerprint density at radius 1 is 1.50 bits per heavy atom. The van der Waals surface area contributed by atoms with Crippen LogP contribution >= 0.6 is 11.3 Å². The molecule has 0 saturated carbocycles. The fraction of sp³-hybridized carbons (Fsp3) is 0.111. The minimum absolute atomic E-state index is 0.292. The zero-order valence-electron chi connectivity index (χ0n) is 7.44. The van der Waals surface area contributed by atoms with Crippen LogP contribution in [0.15, 0.2) is 23.0 Å². The first kappa shape index (κ1) is 7.75. The Balaban J connectivity index is 2.65. The van der Waals surface area contributed by atoms with Gasteiger partial charge in [-0.3, -0.25) is 0 Å². The zero-order chi connectivity index (χ0) is 9.71. The number of nitrogens with one attached hydrogen (secondary N) is 1. The number of rotatable bonds is 0. The first-order valence-electron chi connectivity index (χ1n) is 4.22. The summed E-state index contributed by atoms with van der Waals surface area (Å²) in [7, 11) is 0. The van der Waals surface area contributed by atoms with Gasteiger partial charge in [-0.25, -0.2) is 14.4 Å². The van der Waals surface area contributed by atoms with Crippen molar-refractivity contribution in [3.63, 3.8) is 0 Å². The van der Waals surface area contributed by atoms with Crippen LogP contribution in [0.3, 0.4) is 0 Å². The normalized spacial score (nSPS) is 11.5. The zero-order valence-corrected chi connectivity index (χ0v) is 8.26. The summed E-state index contributed by atoms with van der Waals surface area (Å²) in [6, 6.07) is 6.00. The van der Waals surface area contributed by atoms with Crippen LogP contribution in [-0.4, -0.2) is 14.6 Å². The van der Waals surface area contributed by atoms with Gasteiger partial charge in [-0.15, -0.1) is 0 Å². The van der Waals surface area contributed by atoms with Gasteiger partial charge in [0, 0.05) is 0 Å². The number of aryl methyl sites for hydroxylation is 1. The average molecular weight is 205 g/mol. The molecule has 0 fully saturated rings. The van der Waals surface area contributed by atoms with Crippen LogP contribution in [-0.2, 0) is 0 Å². The maximum Gasteiger partial charge on any atom is 0.362 e. The van der Waals surface area contributed by atoms with E-state index in [1.54, 1.807) is 4.52 Å². The number of hydrogen-bond acceptors (Lipinski definition) is 3. The van der Waals surface area contributed by atoms with Gasteiger partial charge in [-0.2, -0.15) is 4.98 Å². The molecule has 1 aromatic carbocycles. The lowest BCUT2D eigenvalue weighted by molar-refractivity contribution is 0.978. The number of H-pyrrole nitrogens is 1. The molecule has 0 amide bonds. The highest BCUT2D eigenvalue weighted by molar-refractivity contribution is 7.23. The topological polar surface area (TPSA) is 50.2 Å². The third-order valence-corrected chi connectivity index (χ3v) is 3.41. The number of benzene rings is 1. The summed E-state index contributed by atoms with van der Waals surface area (Å²) in [4.78, 5) is 15.6. The molecule has 5 heteroatoms. The molecule has 2 aromatic heterocycles. The predicted octanol–water partition coefficient (Wildman–Crippen LogP) is 1.55. The highest BCUT2D eigenvalue weighted by Crippen LogP contribution is 2.26. The molecule has 0 aliphatic carbocycles. The summed E-state index contributed by atoms with van der Waals surface area (Å²) in [6.07, 6.45) is 0. The number of aromatic nitrogens is 3. The Bertz CT molecular complexity index is 676. The van der Waals surface area contributed by atoms with E-state index in [1.807, 2.05) is 12.1 Å². The minimum atomic E-state index is -0.292. The van der Waals surface area contributed by atoms with Crippen molar-refractivity contribution in [1.29, 1.82) is 0 Å². The van der Waals surface area contributed by atoms with Gasteiger partial charge in [0.2, 0.25) is 4.96 Å². The summed E-state index contributed by atoms with van der Waals surface area (Å²) in [6.45, 7) is 2.05. The van der Waals surface area contributed by atoms with E-state index in [0.717, 1.165) is 10.5 Å². The first-order valence-corrected chi connectivity index (χ1v) is 5.04. The van der Waals surface area contributed by atoms with Crippen LogP contribution in [0.25, 0.3) is 15.2 Å². The molecule has 3 aromatic rings. The van der Waals surface area contributed by atoms with Crippen molar-refractivity contribution in [3.05, 3.63) is 34.2 Å². The standard InChI is InChI=1S/C9H7N3OS/c1-5-3-2-4-6-7(5)14-9-10-8(13)11-12(6)9/h2-4H,1H3,(H,11,13). The van der Waals surface area contributed by atoms with E-state index < -0.39 is 0 Å². The van der Waals surface area contributed by atoms with Crippen LogP contribution < -0.4 is 5.69 Å². The summed E-state index contributed by atoms with van der Waals surface area (Å²) < 4.78 is 2.90. The van der Waals surface area contributed by atoms with E-state index in [-0.39, 0.29) is 5.69 Å². The van der Waals surface area contributed by atoms with E-state index in [1.165, 1.54) is 21.6 Å². The van der Waals surface area contributed by atoms with Gasteiger partial charge in [-0.05, 0) is 18.6 Å². The molecule has 70 valence electrons. The number of aromatic amines is 1. The van der Waals surface area contributed by atoms with Crippen LogP contribution in [0.1, 0.15) is 5.56 Å². The molecule has 0 aliphatic heterocycles. The van der Waals surface area contributed by atoms with Crippen molar-refractivity contribution in [2.45, 2.75) is 6.92 Å². The lowest BCUT2D eigenvalue weighted by atomic mass is 10.2. The molecule has 4 nitrogen and oxygen atoms in total. The second-order valence-electron chi connectivity index (χ2n) is 3.17. The van der Waals surface area contributed by atoms with Crippen molar-refractivity contribution >= 4 is 26.5 Å². The third kappa shape index (κ3) is 0.871. The van der Waals surface area contributed by atoms with Crippen molar-refractivity contribution in [1.82, 2.24) is 14.6 Å². The van der Waals surface area contributed by atoms with Crippen molar-refractivity contribution in [2.24, 2.45) is 0 Å². The smallest absolute Gasteiger partial charge is 0.244 e. The minimum Gasteiger partial charge on any atom is -0.244 e. The Morgan fingerprint density at radius 2 is 2.36 bits per heavy atom. The molecular weight excluding hydrogens is 198 g/mol. The van der Waals surface area contributed by atoms with E-state index in [2.05, 4.69) is 23.1 Å². The van der Waals surface area contributed by atoms with Crippen LogP contribution in [0, 0.1) is 6.92 Å². The monoisotopic (exact) mass is 205 g/mol. The Kier molecular flexibility index (Phi) is 1.36. The van der Waals surface area contributed by atoms with Gasteiger partial charge < -0.3 is 0 Å². The van der Waals surface area contributed by atoms with E-state index in [0.29, 0.717) is 0 Å². The number of thiazole rings is 1. The summed E-state index contributed by atoms with van der Waals surface area (Å²) >= 11 is 1.53. The van der Waals surface area contributed by atoms with Gasteiger partial charge in [-0.1, -0.05) is 23.5 Å². The SMILES string of the molecule is Cc1cccc2c1sc1nc(=O)[nH]n12. The average Bonchev–Trinajstić information content (AvgIpc) is 2.63. The molecule has 0 unspecified atom stereocenters. The van der Waals surface area contributed by atoms with Crippen LogP contribution in [0.4, 0.5) is 0 Å². The second kappa shape index (κ2) is 2.45. The van der Waals surface area contributed by atoms with Crippen LogP contribution in [0.5, 0.6) is 0 Å². The quantitative estimate of drug-likeness (QED) is 0.605. The molecule has 0 atom stereocenters. The van der Waals surface area contributed by atoms with E-state index >= 15 is 0 Å². The largest absolute Gasteiger partial charge is 0.362 e. The molecule has 3 rings (SSSR count). The molecule has 0 aliphatic rings. The van der Waals surface area contributed by atoms with Crippen LogP contribution in [0.2, 0.25) is 0 Å². The molecule has 0 spiro atoms. The molecule has 14 heavy (non-hydrogen) atoms. The molecule has 0 bridgehead atoms. The third-order valence-electron chi connectivity index (χ3n) is 2.22. The highest BCUT2D eigenvalue weighted by atomic mass is 32.1. The Labute approximate surface area is 82.8 Å². The second-order valence-corrected chi connectivity index (χ2v) is 4.15. The van der Waals surface area contributed by atoms with Gasteiger partial charge in [0.05, 0.1) is 10.2 Å². The molecular formula is C9H7N3OS. The highest BCUT2D eigenvalue weighted by Gasteiger charge is 2.08. The van der Waals surface area contributed by atoms with E-state index in [4.69, 9.17) is 0 Å². The van der Waals surface area contributed by atoms with E-state index in [9.17, 15) is 4.79 Å². The fourth-order valence-corrected chi connectivity index (χ4v) is 2.61. The van der Waals surface area contributed by atoms with Crippen molar-refractivity contribution < 1.29 is 0 Å². The summed E-state index contributed by atoms with van der Waals surface area (Å²) in [5.41, 5.74) is 1.93. The molecule has 1 N–H and O–H groups in total. The number of fused-ring (bicyclic) bond motifs is 3. The molecule has 0 radical (unpaired) electrons. The summed E-state index contributed by atoms with van der Waals surface area (Å²) in [5.74, 6) is 0. The van der Waals surface area contributed by atoms with Crippen molar-refractivity contribution in [2.75, 3.05) is 0 Å². The maximum absolute atomic E-state index is 11.0. The lowest BCUT2D eigenvalue weighted by Gasteiger charge is -1.92. The Hall–Kier alpha value is -1.62. The predicted molar refractivity (Wildman–Crippen MR) is 55.9 cm³/mol.